The first-order valence-corrected chi connectivity index (χ1v) is 7.09. The predicted octanol–water partition coefficient (Wildman–Crippen LogP) is 1.14. The zero-order valence-electron chi connectivity index (χ0n) is 12.7. The number of aryl methyl sites for hydroxylation is 1. The Kier molecular flexibility index (Phi) is 5.30. The van der Waals surface area contributed by atoms with Crippen LogP contribution in [-0.2, 0) is 11.3 Å². The molecule has 1 aromatic carbocycles. The van der Waals surface area contributed by atoms with Crippen molar-refractivity contribution in [2.75, 3.05) is 6.54 Å². The monoisotopic (exact) mass is 301 g/mol. The van der Waals surface area contributed by atoms with Crippen LogP contribution >= 0.6 is 0 Å². The second-order valence-corrected chi connectivity index (χ2v) is 4.93. The van der Waals surface area contributed by atoms with Crippen molar-refractivity contribution in [3.8, 4) is 5.75 Å². The fourth-order valence-corrected chi connectivity index (χ4v) is 1.88. The maximum atomic E-state index is 11.9. The Morgan fingerprint density at radius 2 is 2.09 bits per heavy atom. The topological polar surface area (TPSA) is 73.2 Å². The van der Waals surface area contributed by atoms with Crippen LogP contribution in [0.5, 0.6) is 5.75 Å². The van der Waals surface area contributed by atoms with Crippen molar-refractivity contribution in [2.45, 2.75) is 26.5 Å². The number of carbonyl (C=O) groups is 1. The number of para-hydroxylation sites is 1. The number of hydrogen-bond donors (Lipinski definition) is 1. The quantitative estimate of drug-likeness (QED) is 0.868. The number of nitrogens with zero attached hydrogens (tertiary/aromatic N) is 2. The Morgan fingerprint density at radius 3 is 2.77 bits per heavy atom. The van der Waals surface area contributed by atoms with Gasteiger partial charge in [0, 0.05) is 24.8 Å². The molecule has 2 aromatic rings. The summed E-state index contributed by atoms with van der Waals surface area (Å²) in [5.74, 6) is 0.418. The Hall–Kier alpha value is -2.63. The van der Waals surface area contributed by atoms with Gasteiger partial charge in [0.05, 0.1) is 6.33 Å². The summed E-state index contributed by atoms with van der Waals surface area (Å²) in [6, 6.07) is 10.6. The van der Waals surface area contributed by atoms with Gasteiger partial charge in [-0.05, 0) is 26.0 Å². The molecule has 0 saturated heterocycles. The van der Waals surface area contributed by atoms with E-state index in [1.807, 2.05) is 18.2 Å². The Bertz CT molecular complexity index is 683. The third-order valence-electron chi connectivity index (χ3n) is 3.09. The highest BCUT2D eigenvalue weighted by Crippen LogP contribution is 2.10. The van der Waals surface area contributed by atoms with Crippen molar-refractivity contribution in [1.29, 1.82) is 0 Å². The molecular weight excluding hydrogens is 282 g/mol. The third kappa shape index (κ3) is 4.44. The zero-order chi connectivity index (χ0) is 15.9. The molecule has 6 nitrogen and oxygen atoms in total. The van der Waals surface area contributed by atoms with Crippen LogP contribution in [0.25, 0.3) is 0 Å². The van der Waals surface area contributed by atoms with Gasteiger partial charge in [-0.3, -0.25) is 14.2 Å². The summed E-state index contributed by atoms with van der Waals surface area (Å²) >= 11 is 0. The van der Waals surface area contributed by atoms with Crippen molar-refractivity contribution in [3.05, 3.63) is 58.8 Å². The summed E-state index contributed by atoms with van der Waals surface area (Å²) in [6.45, 7) is 4.15. The minimum atomic E-state index is -0.602. The molecule has 0 aliphatic carbocycles. The predicted molar refractivity (Wildman–Crippen MR) is 82.8 cm³/mol. The number of amides is 1. The maximum Gasteiger partial charge on any atom is 0.260 e. The number of nitrogens with one attached hydrogen (secondary N) is 1. The van der Waals surface area contributed by atoms with E-state index in [2.05, 4.69) is 10.3 Å². The van der Waals surface area contributed by atoms with Crippen molar-refractivity contribution < 1.29 is 9.53 Å². The smallest absolute Gasteiger partial charge is 0.260 e. The summed E-state index contributed by atoms with van der Waals surface area (Å²) in [7, 11) is 0. The highest BCUT2D eigenvalue weighted by atomic mass is 16.5. The van der Waals surface area contributed by atoms with Gasteiger partial charge < -0.3 is 10.1 Å². The van der Waals surface area contributed by atoms with E-state index in [0.717, 1.165) is 0 Å². The van der Waals surface area contributed by atoms with E-state index in [1.165, 1.54) is 17.0 Å². The van der Waals surface area contributed by atoms with Gasteiger partial charge in [-0.1, -0.05) is 18.2 Å². The Morgan fingerprint density at radius 1 is 1.36 bits per heavy atom. The fraction of sp³-hybridized carbons (Fsp3) is 0.312. The molecule has 0 spiro atoms. The molecular formula is C16H19N3O3. The highest BCUT2D eigenvalue weighted by Gasteiger charge is 2.13. The Labute approximate surface area is 128 Å². The average Bonchev–Trinajstić information content (AvgIpc) is 2.50. The first-order valence-electron chi connectivity index (χ1n) is 7.09. The number of benzene rings is 1. The van der Waals surface area contributed by atoms with Crippen LogP contribution in [0.15, 0.2) is 47.5 Å². The second kappa shape index (κ2) is 7.40. The van der Waals surface area contributed by atoms with Crippen LogP contribution < -0.4 is 15.6 Å². The molecule has 0 saturated carbocycles. The largest absolute Gasteiger partial charge is 0.481 e. The van der Waals surface area contributed by atoms with Crippen LogP contribution in [0.4, 0.5) is 0 Å². The molecule has 1 unspecified atom stereocenters. The lowest BCUT2D eigenvalue weighted by molar-refractivity contribution is -0.127. The molecule has 0 radical (unpaired) electrons. The first-order chi connectivity index (χ1) is 10.6. The van der Waals surface area contributed by atoms with E-state index in [0.29, 0.717) is 24.5 Å². The van der Waals surface area contributed by atoms with Gasteiger partial charge in [0.15, 0.2) is 6.10 Å². The van der Waals surface area contributed by atoms with Gasteiger partial charge in [-0.15, -0.1) is 0 Å². The van der Waals surface area contributed by atoms with Crippen LogP contribution in [-0.4, -0.2) is 28.1 Å². The van der Waals surface area contributed by atoms with Gasteiger partial charge >= 0.3 is 0 Å². The first kappa shape index (κ1) is 15.8. The van der Waals surface area contributed by atoms with E-state index >= 15 is 0 Å². The lowest BCUT2D eigenvalue weighted by Crippen LogP contribution is -2.38. The van der Waals surface area contributed by atoms with Gasteiger partial charge in [-0.25, -0.2) is 4.98 Å². The zero-order valence-corrected chi connectivity index (χ0v) is 12.7. The third-order valence-corrected chi connectivity index (χ3v) is 3.09. The van der Waals surface area contributed by atoms with Gasteiger partial charge in [0.1, 0.15) is 5.75 Å². The number of rotatable bonds is 6. The standard InChI is InChI=1S/C16H19N3O3/c1-12-10-15(20)19(11-18-12)9-8-17-16(21)13(2)22-14-6-4-3-5-7-14/h3-7,10-11,13H,8-9H2,1-2H3,(H,17,21). The molecule has 22 heavy (non-hydrogen) atoms. The number of aromatic nitrogens is 2. The van der Waals surface area contributed by atoms with Gasteiger partial charge in [0.2, 0.25) is 0 Å². The summed E-state index contributed by atoms with van der Waals surface area (Å²) in [6.07, 6.45) is 0.878. The minimum absolute atomic E-state index is 0.129. The fourth-order valence-electron chi connectivity index (χ4n) is 1.88. The Balaban J connectivity index is 1.81. The molecule has 6 heteroatoms. The molecule has 1 heterocycles. The number of hydrogen-bond acceptors (Lipinski definition) is 4. The highest BCUT2D eigenvalue weighted by molar-refractivity contribution is 5.80. The summed E-state index contributed by atoms with van der Waals surface area (Å²) < 4.78 is 6.98. The number of ether oxygens (including phenoxy) is 1. The molecule has 2 rings (SSSR count). The second-order valence-electron chi connectivity index (χ2n) is 4.93. The molecule has 0 aliphatic rings. The lowest BCUT2D eigenvalue weighted by atomic mass is 10.3. The molecule has 1 atom stereocenters. The van der Waals surface area contributed by atoms with Crippen LogP contribution in [0.2, 0.25) is 0 Å². The van der Waals surface area contributed by atoms with E-state index in [9.17, 15) is 9.59 Å². The molecule has 0 fully saturated rings. The summed E-state index contributed by atoms with van der Waals surface area (Å²) in [5.41, 5.74) is 0.547. The summed E-state index contributed by atoms with van der Waals surface area (Å²) in [4.78, 5) is 27.7. The van der Waals surface area contributed by atoms with Crippen LogP contribution in [0.1, 0.15) is 12.6 Å². The van der Waals surface area contributed by atoms with E-state index < -0.39 is 6.10 Å². The minimum Gasteiger partial charge on any atom is -0.481 e. The van der Waals surface area contributed by atoms with Gasteiger partial charge in [0.25, 0.3) is 11.5 Å². The molecule has 1 aromatic heterocycles. The summed E-state index contributed by atoms with van der Waals surface area (Å²) in [5, 5.41) is 2.74. The molecule has 0 bridgehead atoms. The average molecular weight is 301 g/mol. The van der Waals surface area contributed by atoms with Gasteiger partial charge in [-0.2, -0.15) is 0 Å². The van der Waals surface area contributed by atoms with Crippen LogP contribution in [0, 0.1) is 6.92 Å². The maximum absolute atomic E-state index is 11.9. The molecule has 0 aliphatic heterocycles. The number of carbonyl (C=O) groups excluding carboxylic acids is 1. The molecule has 1 N–H and O–H groups in total. The van der Waals surface area contributed by atoms with Crippen molar-refractivity contribution in [1.82, 2.24) is 14.9 Å². The molecule has 1 amide bonds. The molecule has 116 valence electrons. The van der Waals surface area contributed by atoms with E-state index in [-0.39, 0.29) is 11.5 Å². The SMILES string of the molecule is Cc1cc(=O)n(CCNC(=O)C(C)Oc2ccccc2)cn1. The van der Waals surface area contributed by atoms with Crippen molar-refractivity contribution >= 4 is 5.91 Å². The van der Waals surface area contributed by atoms with Crippen molar-refractivity contribution in [3.63, 3.8) is 0 Å². The van der Waals surface area contributed by atoms with Crippen molar-refractivity contribution in [2.24, 2.45) is 0 Å². The van der Waals surface area contributed by atoms with Crippen LogP contribution in [0.3, 0.4) is 0 Å². The normalized spacial score (nSPS) is 11.7. The lowest BCUT2D eigenvalue weighted by Gasteiger charge is -2.14. The van der Waals surface area contributed by atoms with E-state index in [4.69, 9.17) is 4.74 Å². The van der Waals surface area contributed by atoms with E-state index in [1.54, 1.807) is 26.0 Å².